The molecule has 0 unspecified atom stereocenters. The number of nitrogens with zero attached hydrogens (tertiary/aromatic N) is 3. The zero-order chi connectivity index (χ0) is 21.3. The molecule has 158 valence electrons. The molecule has 31 heavy (non-hydrogen) atoms. The van der Waals surface area contributed by atoms with Crippen LogP contribution in [-0.2, 0) is 0 Å². The van der Waals surface area contributed by atoms with E-state index in [0.717, 1.165) is 36.4 Å². The number of hydrogen-bond acceptors (Lipinski definition) is 4. The Labute approximate surface area is 181 Å². The van der Waals surface area contributed by atoms with Gasteiger partial charge in [0.1, 0.15) is 5.75 Å². The quantitative estimate of drug-likeness (QED) is 0.354. The maximum atomic E-state index is 12.8. The summed E-state index contributed by atoms with van der Waals surface area (Å²) < 4.78 is 15.1. The number of unbranched alkanes of at least 4 members (excludes halogenated alkanes) is 2. The Hall–Kier alpha value is -3.80. The topological polar surface area (TPSA) is 58.3 Å². The van der Waals surface area contributed by atoms with Crippen molar-refractivity contribution >= 4 is 0 Å². The molecule has 6 nitrogen and oxygen atoms in total. The normalized spacial score (nSPS) is 10.7. The highest BCUT2D eigenvalue weighted by Gasteiger charge is 2.15. The SMILES string of the molecule is O=c1cc(OCCCCCOc2cccnc2)n(-c2ccccc2)n1-c1ccccc1. The zero-order valence-electron chi connectivity index (χ0n) is 17.3. The first kappa shape index (κ1) is 20.5. The van der Waals surface area contributed by atoms with E-state index in [1.807, 2.05) is 77.5 Å². The van der Waals surface area contributed by atoms with Crippen LogP contribution in [-0.4, -0.2) is 27.6 Å². The van der Waals surface area contributed by atoms with Crippen LogP contribution in [0.5, 0.6) is 11.6 Å². The summed E-state index contributed by atoms with van der Waals surface area (Å²) in [5, 5.41) is 0. The van der Waals surface area contributed by atoms with Crippen LogP contribution in [0.1, 0.15) is 19.3 Å². The lowest BCUT2D eigenvalue weighted by molar-refractivity contribution is 0.267. The second-order valence-electron chi connectivity index (χ2n) is 7.06. The van der Waals surface area contributed by atoms with Crippen molar-refractivity contribution in [3.05, 3.63) is 102 Å². The van der Waals surface area contributed by atoms with Crippen molar-refractivity contribution in [2.45, 2.75) is 19.3 Å². The summed E-state index contributed by atoms with van der Waals surface area (Å²) in [7, 11) is 0. The van der Waals surface area contributed by atoms with Crippen molar-refractivity contribution in [3.63, 3.8) is 0 Å². The third kappa shape index (κ3) is 5.22. The Bertz CT molecular complexity index is 1120. The fourth-order valence-electron chi connectivity index (χ4n) is 3.33. The van der Waals surface area contributed by atoms with Crippen molar-refractivity contribution in [1.82, 2.24) is 14.3 Å². The van der Waals surface area contributed by atoms with E-state index in [9.17, 15) is 4.79 Å². The van der Waals surface area contributed by atoms with Gasteiger partial charge in [0.15, 0.2) is 0 Å². The van der Waals surface area contributed by atoms with E-state index in [1.165, 1.54) is 0 Å². The molecule has 0 N–H and O–H groups in total. The average molecular weight is 415 g/mol. The fraction of sp³-hybridized carbons (Fsp3) is 0.200. The van der Waals surface area contributed by atoms with E-state index in [0.29, 0.717) is 19.1 Å². The van der Waals surface area contributed by atoms with Crippen molar-refractivity contribution in [3.8, 4) is 23.0 Å². The summed E-state index contributed by atoms with van der Waals surface area (Å²) in [5.41, 5.74) is 1.53. The number of pyridine rings is 1. The lowest BCUT2D eigenvalue weighted by atomic mass is 10.2. The van der Waals surface area contributed by atoms with Crippen LogP contribution in [0.4, 0.5) is 0 Å². The number of aromatic nitrogens is 3. The van der Waals surface area contributed by atoms with Crippen LogP contribution >= 0.6 is 0 Å². The molecule has 6 heteroatoms. The van der Waals surface area contributed by atoms with E-state index in [1.54, 1.807) is 23.1 Å². The van der Waals surface area contributed by atoms with Gasteiger partial charge in [-0.15, -0.1) is 0 Å². The molecule has 2 heterocycles. The Morgan fingerprint density at radius 3 is 2.00 bits per heavy atom. The van der Waals surface area contributed by atoms with Gasteiger partial charge in [-0.2, -0.15) is 0 Å². The Kier molecular flexibility index (Phi) is 6.80. The average Bonchev–Trinajstić information content (AvgIpc) is 3.16. The van der Waals surface area contributed by atoms with Crippen LogP contribution in [0.15, 0.2) is 96.1 Å². The predicted octanol–water partition coefficient (Wildman–Crippen LogP) is 4.65. The van der Waals surface area contributed by atoms with E-state index < -0.39 is 0 Å². The minimum atomic E-state index is -0.130. The molecule has 2 aromatic heterocycles. The highest BCUT2D eigenvalue weighted by Crippen LogP contribution is 2.20. The number of para-hydroxylation sites is 2. The Balaban J connectivity index is 1.40. The van der Waals surface area contributed by atoms with Gasteiger partial charge in [-0.1, -0.05) is 36.4 Å². The van der Waals surface area contributed by atoms with Crippen LogP contribution in [0, 0.1) is 0 Å². The molecule has 0 saturated carbocycles. The molecule has 0 bridgehead atoms. The molecule has 2 aromatic carbocycles. The number of benzene rings is 2. The first-order valence-corrected chi connectivity index (χ1v) is 10.4. The molecule has 0 radical (unpaired) electrons. The molecule has 4 rings (SSSR count). The van der Waals surface area contributed by atoms with E-state index in [2.05, 4.69) is 4.98 Å². The second kappa shape index (κ2) is 10.3. The van der Waals surface area contributed by atoms with E-state index in [-0.39, 0.29) is 5.56 Å². The van der Waals surface area contributed by atoms with Crippen molar-refractivity contribution < 1.29 is 9.47 Å². The van der Waals surface area contributed by atoms with Gasteiger partial charge in [-0.25, -0.2) is 9.36 Å². The summed E-state index contributed by atoms with van der Waals surface area (Å²) in [4.78, 5) is 16.8. The summed E-state index contributed by atoms with van der Waals surface area (Å²) in [5.74, 6) is 1.32. The minimum Gasteiger partial charge on any atom is -0.492 e. The minimum absolute atomic E-state index is 0.130. The Morgan fingerprint density at radius 2 is 1.35 bits per heavy atom. The molecule has 0 fully saturated rings. The molecule has 0 amide bonds. The summed E-state index contributed by atoms with van der Waals surface area (Å²) in [6, 6.07) is 24.6. The predicted molar refractivity (Wildman–Crippen MR) is 120 cm³/mol. The van der Waals surface area contributed by atoms with E-state index >= 15 is 0 Å². The van der Waals surface area contributed by atoms with Crippen molar-refractivity contribution in [2.24, 2.45) is 0 Å². The lowest BCUT2D eigenvalue weighted by Gasteiger charge is -2.15. The maximum absolute atomic E-state index is 12.8. The molecule has 4 aromatic rings. The van der Waals surface area contributed by atoms with Gasteiger partial charge in [0, 0.05) is 6.20 Å². The second-order valence-corrected chi connectivity index (χ2v) is 7.06. The molecule has 0 atom stereocenters. The fourth-order valence-corrected chi connectivity index (χ4v) is 3.33. The van der Waals surface area contributed by atoms with E-state index in [4.69, 9.17) is 9.47 Å². The number of rotatable bonds is 10. The first-order valence-electron chi connectivity index (χ1n) is 10.4. The third-order valence-electron chi connectivity index (χ3n) is 4.81. The molecular formula is C25H25N3O3. The molecule has 0 aliphatic rings. The van der Waals surface area contributed by atoms with Gasteiger partial charge >= 0.3 is 0 Å². The van der Waals surface area contributed by atoms with Crippen LogP contribution < -0.4 is 15.0 Å². The highest BCUT2D eigenvalue weighted by molar-refractivity contribution is 5.40. The van der Waals surface area contributed by atoms with Crippen molar-refractivity contribution in [1.29, 1.82) is 0 Å². The van der Waals surface area contributed by atoms with Gasteiger partial charge in [-0.3, -0.25) is 9.78 Å². The van der Waals surface area contributed by atoms with Crippen LogP contribution in [0.2, 0.25) is 0 Å². The summed E-state index contributed by atoms with van der Waals surface area (Å²) >= 11 is 0. The van der Waals surface area contributed by atoms with Gasteiger partial charge in [0.05, 0.1) is 36.9 Å². The standard InChI is InChI=1S/C25H25N3O3/c29-24-19-25(31-18-9-3-8-17-30-23-15-10-16-26-20-23)28(22-13-6-2-7-14-22)27(24)21-11-4-1-5-12-21/h1-2,4-7,10-16,19-20H,3,8-9,17-18H2. The van der Waals surface area contributed by atoms with Crippen LogP contribution in [0.3, 0.4) is 0 Å². The molecule has 0 aliphatic carbocycles. The van der Waals surface area contributed by atoms with Gasteiger partial charge in [-0.05, 0) is 55.7 Å². The number of ether oxygens (including phenoxy) is 2. The van der Waals surface area contributed by atoms with Gasteiger partial charge in [0.2, 0.25) is 5.88 Å². The first-order chi connectivity index (χ1) is 15.3. The molecule has 0 aliphatic heterocycles. The van der Waals surface area contributed by atoms with Gasteiger partial charge < -0.3 is 9.47 Å². The highest BCUT2D eigenvalue weighted by atomic mass is 16.5. The van der Waals surface area contributed by atoms with Crippen molar-refractivity contribution in [2.75, 3.05) is 13.2 Å². The smallest absolute Gasteiger partial charge is 0.275 e. The molecular weight excluding hydrogens is 390 g/mol. The zero-order valence-corrected chi connectivity index (χ0v) is 17.3. The molecule has 0 saturated heterocycles. The maximum Gasteiger partial charge on any atom is 0.275 e. The Morgan fingerprint density at radius 1 is 0.710 bits per heavy atom. The molecule has 0 spiro atoms. The largest absolute Gasteiger partial charge is 0.492 e. The van der Waals surface area contributed by atoms with Gasteiger partial charge in [0.25, 0.3) is 5.56 Å². The number of hydrogen-bond donors (Lipinski definition) is 0. The van der Waals surface area contributed by atoms with Crippen LogP contribution in [0.25, 0.3) is 11.4 Å². The monoisotopic (exact) mass is 415 g/mol. The summed E-state index contributed by atoms with van der Waals surface area (Å²) in [6.45, 7) is 1.17. The third-order valence-corrected chi connectivity index (χ3v) is 4.81. The summed E-state index contributed by atoms with van der Waals surface area (Å²) in [6.07, 6.45) is 6.20. The lowest BCUT2D eigenvalue weighted by Crippen LogP contribution is -2.20.